The zero-order valence-corrected chi connectivity index (χ0v) is 26.6. The van der Waals surface area contributed by atoms with Gasteiger partial charge in [0.2, 0.25) is 0 Å². The Bertz CT molecular complexity index is 1860. The summed E-state index contributed by atoms with van der Waals surface area (Å²) >= 11 is 6.25. The molecule has 1 fully saturated rings. The van der Waals surface area contributed by atoms with E-state index in [0.29, 0.717) is 34.6 Å². The van der Waals surface area contributed by atoms with Gasteiger partial charge in [-0.05, 0) is 90.7 Å². The van der Waals surface area contributed by atoms with Crippen LogP contribution in [0, 0.1) is 6.92 Å². The van der Waals surface area contributed by atoms with Crippen LogP contribution in [0.15, 0.2) is 66.7 Å². The first-order valence-electron chi connectivity index (χ1n) is 14.3. The largest absolute Gasteiger partial charge is 0.496 e. The van der Waals surface area contributed by atoms with Crippen molar-refractivity contribution in [1.82, 2.24) is 9.88 Å². The number of amides is 1. The lowest BCUT2D eigenvalue weighted by Crippen LogP contribution is -2.32. The Balaban J connectivity index is 1.53. The van der Waals surface area contributed by atoms with Gasteiger partial charge < -0.3 is 14.2 Å². The second kappa shape index (κ2) is 13.0. The van der Waals surface area contributed by atoms with Gasteiger partial charge in [0.1, 0.15) is 17.0 Å². The molecule has 0 bridgehead atoms. The molecular formula is C34H27ClF6N2O5. The summed E-state index contributed by atoms with van der Waals surface area (Å²) < 4.78 is 97.1. The van der Waals surface area contributed by atoms with Gasteiger partial charge in [-0.1, -0.05) is 23.7 Å². The van der Waals surface area contributed by atoms with E-state index in [4.69, 9.17) is 25.8 Å². The first kappa shape index (κ1) is 34.6. The zero-order chi connectivity index (χ0) is 35.1. The maximum absolute atomic E-state index is 13.6. The van der Waals surface area contributed by atoms with E-state index in [-0.39, 0.29) is 23.5 Å². The summed E-state index contributed by atoms with van der Waals surface area (Å²) in [7, 11) is 2.75. The van der Waals surface area contributed by atoms with Crippen LogP contribution in [0.3, 0.4) is 0 Å². The van der Waals surface area contributed by atoms with Crippen molar-refractivity contribution >= 4 is 23.7 Å². The highest BCUT2D eigenvalue weighted by molar-refractivity contribution is 6.29. The van der Waals surface area contributed by atoms with Crippen molar-refractivity contribution in [3.63, 3.8) is 0 Å². The predicted octanol–water partition coefficient (Wildman–Crippen LogP) is 9.29. The van der Waals surface area contributed by atoms with E-state index in [0.717, 1.165) is 21.6 Å². The van der Waals surface area contributed by atoms with Crippen molar-refractivity contribution in [3.05, 3.63) is 105 Å². The Morgan fingerprint density at radius 1 is 0.896 bits per heavy atom. The molecule has 1 amide bonds. The third-order valence-corrected chi connectivity index (χ3v) is 8.25. The quantitative estimate of drug-likeness (QED) is 0.109. The summed E-state index contributed by atoms with van der Waals surface area (Å²) in [6.45, 7) is 3.03. The smallest absolute Gasteiger partial charge is 0.416 e. The molecule has 0 radical (unpaired) electrons. The van der Waals surface area contributed by atoms with Crippen molar-refractivity contribution in [3.8, 4) is 28.0 Å². The lowest BCUT2D eigenvalue weighted by atomic mass is 9.93. The Morgan fingerprint density at radius 2 is 1.54 bits per heavy atom. The van der Waals surface area contributed by atoms with Crippen molar-refractivity contribution in [2.24, 2.45) is 0 Å². The fourth-order valence-electron chi connectivity index (χ4n) is 5.62. The topological polar surface area (TPSA) is 78.0 Å². The molecular weight excluding hydrogens is 666 g/mol. The third-order valence-electron chi connectivity index (χ3n) is 8.04. The van der Waals surface area contributed by atoms with Gasteiger partial charge in [-0.25, -0.2) is 14.6 Å². The molecule has 1 saturated heterocycles. The van der Waals surface area contributed by atoms with E-state index in [2.05, 4.69) is 4.98 Å². The van der Waals surface area contributed by atoms with Gasteiger partial charge in [0.25, 0.3) is 0 Å². The predicted molar refractivity (Wildman–Crippen MR) is 163 cm³/mol. The lowest BCUT2D eigenvalue weighted by molar-refractivity contribution is -0.143. The highest BCUT2D eigenvalue weighted by Gasteiger charge is 2.43. The minimum absolute atomic E-state index is 0.0152. The van der Waals surface area contributed by atoms with E-state index in [9.17, 15) is 35.9 Å². The van der Waals surface area contributed by atoms with E-state index < -0.39 is 53.3 Å². The number of hydrogen-bond donors (Lipinski definition) is 0. The number of methoxy groups -OCH3 is 2. The number of rotatable bonds is 7. The first-order chi connectivity index (χ1) is 22.5. The van der Waals surface area contributed by atoms with Crippen LogP contribution in [0.4, 0.5) is 31.1 Å². The standard InChI is InChI=1S/C34H27ClF6N2O5/c1-17-11-20(31(44)47-4)5-7-24(17)19-6-9-28(46-3)26(14-19)25-8-10-29(35)42-27(25)16-43-18(2)30(48-32(43)45)21-12-22(33(36,37)38)15-23(13-21)34(39,40)41/h5-15,18,30H,16H2,1-4H3. The second-order valence-electron chi connectivity index (χ2n) is 11.1. The van der Waals surface area contributed by atoms with E-state index in [1.165, 1.54) is 27.2 Å². The van der Waals surface area contributed by atoms with Crippen LogP contribution in [0.1, 0.15) is 51.3 Å². The number of cyclic esters (lactones) is 1. The molecule has 3 aromatic carbocycles. The number of esters is 1. The molecule has 1 aliphatic rings. The molecule has 0 spiro atoms. The number of alkyl halides is 6. The maximum Gasteiger partial charge on any atom is 0.416 e. The Labute approximate surface area is 276 Å². The number of halogens is 7. The molecule has 252 valence electrons. The minimum atomic E-state index is -5.07. The van der Waals surface area contributed by atoms with Crippen LogP contribution in [0.25, 0.3) is 22.3 Å². The molecule has 48 heavy (non-hydrogen) atoms. The Hall–Kier alpha value is -4.78. The summed E-state index contributed by atoms with van der Waals surface area (Å²) in [6, 6.07) is 13.8. The fraction of sp³-hybridized carbons (Fsp3) is 0.265. The summed E-state index contributed by atoms with van der Waals surface area (Å²) in [4.78, 5) is 30.7. The van der Waals surface area contributed by atoms with Gasteiger partial charge >= 0.3 is 24.4 Å². The number of benzene rings is 3. The SMILES string of the molecule is COC(=O)c1ccc(-c2ccc(OC)c(-c3ccc(Cl)nc3CN3C(=O)OC(c4cc(C(F)(F)F)cc(C(F)(F)F)c4)C3C)c2)c(C)c1. The van der Waals surface area contributed by atoms with Crippen molar-refractivity contribution < 1.29 is 50.1 Å². The number of nitrogens with zero attached hydrogens (tertiary/aromatic N) is 2. The van der Waals surface area contributed by atoms with Gasteiger partial charge in [-0.2, -0.15) is 26.3 Å². The normalized spacial score (nSPS) is 16.6. The van der Waals surface area contributed by atoms with Crippen molar-refractivity contribution in [1.29, 1.82) is 0 Å². The van der Waals surface area contributed by atoms with Crippen LogP contribution in [-0.4, -0.2) is 42.2 Å². The molecule has 0 aliphatic carbocycles. The monoisotopic (exact) mass is 692 g/mol. The molecule has 2 heterocycles. The minimum Gasteiger partial charge on any atom is -0.496 e. The van der Waals surface area contributed by atoms with Gasteiger partial charge in [0.05, 0.1) is 49.2 Å². The third kappa shape index (κ3) is 6.91. The van der Waals surface area contributed by atoms with Gasteiger partial charge in [0, 0.05) is 11.1 Å². The number of aromatic nitrogens is 1. The molecule has 2 unspecified atom stereocenters. The number of pyridine rings is 1. The van der Waals surface area contributed by atoms with Crippen LogP contribution < -0.4 is 4.74 Å². The average molecular weight is 693 g/mol. The second-order valence-corrected chi connectivity index (χ2v) is 11.5. The molecule has 14 heteroatoms. The summed E-state index contributed by atoms with van der Waals surface area (Å²) in [6.07, 6.45) is -12.6. The lowest BCUT2D eigenvalue weighted by Gasteiger charge is -2.23. The highest BCUT2D eigenvalue weighted by Crippen LogP contribution is 2.42. The fourth-order valence-corrected chi connectivity index (χ4v) is 5.79. The van der Waals surface area contributed by atoms with E-state index in [1.807, 2.05) is 19.1 Å². The molecule has 4 aromatic rings. The Kier molecular flexibility index (Phi) is 9.37. The summed E-state index contributed by atoms with van der Waals surface area (Å²) in [5.74, 6) is -0.0470. The van der Waals surface area contributed by atoms with Crippen LogP contribution in [0.5, 0.6) is 5.75 Å². The first-order valence-corrected chi connectivity index (χ1v) is 14.7. The van der Waals surface area contributed by atoms with E-state index >= 15 is 0 Å². The molecule has 1 aliphatic heterocycles. The van der Waals surface area contributed by atoms with Crippen molar-refractivity contribution in [2.75, 3.05) is 14.2 Å². The van der Waals surface area contributed by atoms with Gasteiger partial charge in [-0.3, -0.25) is 4.90 Å². The molecule has 5 rings (SSSR count). The van der Waals surface area contributed by atoms with Gasteiger partial charge in [0.15, 0.2) is 0 Å². The molecule has 0 N–H and O–H groups in total. The Morgan fingerprint density at radius 3 is 2.12 bits per heavy atom. The molecule has 2 atom stereocenters. The average Bonchev–Trinajstić information content (AvgIpc) is 3.31. The van der Waals surface area contributed by atoms with Crippen LogP contribution in [-0.2, 0) is 28.4 Å². The maximum atomic E-state index is 13.6. The van der Waals surface area contributed by atoms with Crippen molar-refractivity contribution in [2.45, 2.75) is 44.9 Å². The molecule has 1 aromatic heterocycles. The van der Waals surface area contributed by atoms with Crippen LogP contribution >= 0.6 is 11.6 Å². The zero-order valence-electron chi connectivity index (χ0n) is 25.8. The van der Waals surface area contributed by atoms with E-state index in [1.54, 1.807) is 30.3 Å². The highest BCUT2D eigenvalue weighted by atomic mass is 35.5. The number of carbonyl (C=O) groups excluding carboxylic acids is 2. The van der Waals surface area contributed by atoms with Crippen LogP contribution in [0.2, 0.25) is 5.15 Å². The summed E-state index contributed by atoms with van der Waals surface area (Å²) in [5.41, 5.74) is 0.521. The molecule has 0 saturated carbocycles. The number of hydrogen-bond acceptors (Lipinski definition) is 6. The number of aryl methyl sites for hydroxylation is 1. The van der Waals surface area contributed by atoms with Gasteiger partial charge in [-0.15, -0.1) is 0 Å². The number of carbonyl (C=O) groups is 2. The summed E-state index contributed by atoms with van der Waals surface area (Å²) in [5, 5.41) is 0.0718. The number of ether oxygens (including phenoxy) is 3. The molecule has 7 nitrogen and oxygen atoms in total.